The van der Waals surface area contributed by atoms with Crippen molar-refractivity contribution in [1.29, 1.82) is 0 Å². The monoisotopic (exact) mass is 500 g/mol. The highest BCUT2D eigenvalue weighted by Gasteiger charge is 2.52. The Hall–Kier alpha value is -2.90. The molecule has 33 heavy (non-hydrogen) atoms. The molecule has 0 radical (unpaired) electrons. The molecule has 4 rings (SSSR count). The zero-order valence-electron chi connectivity index (χ0n) is 17.1. The quantitative estimate of drug-likeness (QED) is 0.560. The minimum atomic E-state index is -4.19. The average Bonchev–Trinajstić information content (AvgIpc) is 3.33. The summed E-state index contributed by atoms with van der Waals surface area (Å²) in [7, 11) is -4.19. The number of rotatable bonds is 7. The van der Waals surface area contributed by atoms with E-state index < -0.39 is 28.4 Å². The molecule has 0 atom stereocenters. The first-order chi connectivity index (χ1) is 15.6. The Bertz CT molecular complexity index is 1240. The maximum Gasteiger partial charge on any atom is 0.285 e. The summed E-state index contributed by atoms with van der Waals surface area (Å²) in [6.07, 6.45) is 1.82. The molecule has 0 aliphatic carbocycles. The summed E-state index contributed by atoms with van der Waals surface area (Å²) in [5.74, 6) is -0.295. The summed E-state index contributed by atoms with van der Waals surface area (Å²) < 4.78 is 59.5. The number of carbonyl (C=O) groups is 1. The Morgan fingerprint density at radius 3 is 2.79 bits per heavy atom. The van der Waals surface area contributed by atoms with Crippen molar-refractivity contribution in [2.75, 3.05) is 26.3 Å². The summed E-state index contributed by atoms with van der Waals surface area (Å²) in [5, 5.41) is 3.94. The van der Waals surface area contributed by atoms with Crippen LogP contribution in [-0.4, -0.2) is 72.9 Å². The Balaban J connectivity index is 1.49. The van der Waals surface area contributed by atoms with E-state index in [0.29, 0.717) is 16.3 Å². The van der Waals surface area contributed by atoms with Crippen molar-refractivity contribution in [3.63, 3.8) is 0 Å². The molecule has 176 valence electrons. The van der Waals surface area contributed by atoms with Crippen molar-refractivity contribution in [3.8, 4) is 0 Å². The van der Waals surface area contributed by atoms with Crippen molar-refractivity contribution >= 4 is 33.7 Å². The molecule has 0 saturated carbocycles. The van der Waals surface area contributed by atoms with Crippen molar-refractivity contribution in [2.24, 2.45) is 10.1 Å². The lowest BCUT2D eigenvalue weighted by atomic mass is 9.80. The Labute approximate surface area is 192 Å². The second-order valence-corrected chi connectivity index (χ2v) is 9.66. The lowest BCUT2D eigenvalue weighted by molar-refractivity contribution is -0.155. The summed E-state index contributed by atoms with van der Waals surface area (Å²) in [4.78, 5) is 18.7. The van der Waals surface area contributed by atoms with Crippen LogP contribution in [0.5, 0.6) is 0 Å². The normalized spacial score (nSPS) is 18.4. The van der Waals surface area contributed by atoms with E-state index >= 15 is 0 Å². The van der Waals surface area contributed by atoms with Gasteiger partial charge in [-0.1, -0.05) is 11.6 Å². The van der Waals surface area contributed by atoms with Gasteiger partial charge in [0.25, 0.3) is 16.4 Å². The molecule has 4 heterocycles. The molecule has 0 bridgehead atoms. The number of pyridine rings is 1. The smallest absolute Gasteiger partial charge is 0.285 e. The third-order valence-corrected chi connectivity index (χ3v) is 6.81. The van der Waals surface area contributed by atoms with Gasteiger partial charge in [0, 0.05) is 36.4 Å². The maximum absolute atomic E-state index is 13.3. The number of carbonyl (C=O) groups excluding carboxylic acids is 1. The number of amides is 1. The van der Waals surface area contributed by atoms with Crippen LogP contribution in [0, 0.1) is 0 Å². The molecule has 2 aromatic heterocycles. The van der Waals surface area contributed by atoms with E-state index in [1.165, 1.54) is 11.1 Å². The summed E-state index contributed by atoms with van der Waals surface area (Å²) in [5.41, 5.74) is 6.01. The molecule has 1 amide bonds. The van der Waals surface area contributed by atoms with Crippen molar-refractivity contribution in [2.45, 2.75) is 23.3 Å². The second kappa shape index (κ2) is 8.80. The van der Waals surface area contributed by atoms with E-state index in [2.05, 4.69) is 14.5 Å². The first kappa shape index (κ1) is 23.3. The molecule has 2 N–H and O–H groups in total. The minimum absolute atomic E-state index is 0.0283. The van der Waals surface area contributed by atoms with Crippen LogP contribution in [0.3, 0.4) is 0 Å². The van der Waals surface area contributed by atoms with Gasteiger partial charge in [-0.25, -0.2) is 8.78 Å². The summed E-state index contributed by atoms with van der Waals surface area (Å²) >= 11 is 6.26. The summed E-state index contributed by atoms with van der Waals surface area (Å²) in [6, 6.07) is 3.30. The molecule has 2 aliphatic heterocycles. The predicted octanol–water partition coefficient (Wildman–Crippen LogP) is 0.979. The fourth-order valence-corrected chi connectivity index (χ4v) is 4.68. The third-order valence-electron chi connectivity index (χ3n) is 5.32. The first-order valence-corrected chi connectivity index (χ1v) is 11.5. The number of halogens is 3. The van der Waals surface area contributed by atoms with Crippen molar-refractivity contribution < 1.29 is 26.7 Å². The van der Waals surface area contributed by atoms with Gasteiger partial charge in [-0.2, -0.15) is 17.9 Å². The zero-order valence-corrected chi connectivity index (χ0v) is 18.6. The number of hydrogen-bond donors (Lipinski definition) is 1. The lowest BCUT2D eigenvalue weighted by Crippen LogP contribution is -2.59. The topological polar surface area (TPSA) is 133 Å². The molecule has 2 aromatic rings. The highest BCUT2D eigenvalue weighted by Crippen LogP contribution is 2.37. The fourth-order valence-electron chi connectivity index (χ4n) is 3.56. The van der Waals surface area contributed by atoms with Crippen LogP contribution in [0.4, 0.5) is 8.78 Å². The van der Waals surface area contributed by atoms with Gasteiger partial charge in [-0.3, -0.25) is 14.5 Å². The molecule has 10 nitrogen and oxygen atoms in total. The molecule has 14 heteroatoms. The highest BCUT2D eigenvalue weighted by molar-refractivity contribution is 7.90. The van der Waals surface area contributed by atoms with E-state index in [0.717, 1.165) is 23.3 Å². The molecule has 0 unspecified atom stereocenters. The van der Waals surface area contributed by atoms with Crippen LogP contribution in [-0.2, 0) is 31.5 Å². The van der Waals surface area contributed by atoms with Crippen LogP contribution in [0.2, 0.25) is 5.02 Å². The van der Waals surface area contributed by atoms with Gasteiger partial charge in [-0.15, -0.1) is 0 Å². The average molecular weight is 501 g/mol. The standard InChI is InChI=1S/C19H19ClF2N6O4S/c20-14-2-1-3-24-17(14)19(10-32-11-19)18(29)27-6-12(15(23)8-27)4-26-33(30,31)13-5-25-28(7-13)9-16(21)22/h1-5,7,16H,6,8-11,23H2/b26-4+. The van der Waals surface area contributed by atoms with Crippen molar-refractivity contribution in [1.82, 2.24) is 19.7 Å². The van der Waals surface area contributed by atoms with E-state index in [9.17, 15) is 22.0 Å². The van der Waals surface area contributed by atoms with Crippen LogP contribution in [0.1, 0.15) is 5.69 Å². The molecular formula is C19H19ClF2N6O4S. The molecule has 1 fully saturated rings. The lowest BCUT2D eigenvalue weighted by Gasteiger charge is -2.42. The molecule has 0 aromatic carbocycles. The highest BCUT2D eigenvalue weighted by atomic mass is 35.5. The number of nitrogens with two attached hydrogens (primary N) is 1. The van der Waals surface area contributed by atoms with Gasteiger partial charge in [0.2, 0.25) is 5.91 Å². The molecular weight excluding hydrogens is 482 g/mol. The van der Waals surface area contributed by atoms with Gasteiger partial charge >= 0.3 is 0 Å². The third kappa shape index (κ3) is 4.48. The molecule has 2 aliphatic rings. The number of nitrogens with zero attached hydrogens (tertiary/aromatic N) is 5. The van der Waals surface area contributed by atoms with E-state index in [1.54, 1.807) is 12.1 Å². The zero-order chi connectivity index (χ0) is 23.8. The first-order valence-electron chi connectivity index (χ1n) is 9.69. The van der Waals surface area contributed by atoms with Crippen LogP contribution >= 0.6 is 11.6 Å². The number of alkyl halides is 2. The largest absolute Gasteiger partial charge is 0.400 e. The maximum atomic E-state index is 13.3. The van der Waals surface area contributed by atoms with Gasteiger partial charge < -0.3 is 15.4 Å². The van der Waals surface area contributed by atoms with Gasteiger partial charge in [0.05, 0.1) is 36.7 Å². The van der Waals surface area contributed by atoms with E-state index in [4.69, 9.17) is 22.1 Å². The summed E-state index contributed by atoms with van der Waals surface area (Å²) in [6.45, 7) is -0.418. The SMILES string of the molecule is NC1=C(/C=N/S(=O)(=O)c2cnn(CC(F)F)c2)CN(C(=O)C2(c3ncccc3Cl)COC2)C1. The number of sulfonamides is 1. The Kier molecular flexibility index (Phi) is 6.20. The predicted molar refractivity (Wildman–Crippen MR) is 113 cm³/mol. The number of aromatic nitrogens is 3. The van der Waals surface area contributed by atoms with Crippen LogP contribution < -0.4 is 5.73 Å². The molecule has 1 saturated heterocycles. The minimum Gasteiger partial charge on any atom is -0.400 e. The number of ether oxygens (including phenoxy) is 1. The van der Waals surface area contributed by atoms with Gasteiger partial charge in [0.15, 0.2) is 0 Å². The number of hydrogen-bond acceptors (Lipinski definition) is 7. The van der Waals surface area contributed by atoms with E-state index in [1.807, 2.05) is 0 Å². The van der Waals surface area contributed by atoms with E-state index in [-0.39, 0.29) is 42.8 Å². The molecule has 0 spiro atoms. The second-order valence-electron chi connectivity index (χ2n) is 7.62. The Morgan fingerprint density at radius 2 is 2.15 bits per heavy atom. The van der Waals surface area contributed by atoms with Crippen LogP contribution in [0.15, 0.2) is 51.3 Å². The fraction of sp³-hybridized carbons (Fsp3) is 0.368. The van der Waals surface area contributed by atoms with Crippen molar-refractivity contribution in [3.05, 3.63) is 52.7 Å². The van der Waals surface area contributed by atoms with Gasteiger partial charge in [-0.05, 0) is 12.1 Å². The Morgan fingerprint density at radius 1 is 1.39 bits per heavy atom. The van der Waals surface area contributed by atoms with Crippen LogP contribution in [0.25, 0.3) is 0 Å². The van der Waals surface area contributed by atoms with Gasteiger partial charge in [0.1, 0.15) is 16.9 Å².